The van der Waals surface area contributed by atoms with Crippen LogP contribution in [0.25, 0.3) is 0 Å². The molecule has 0 saturated carbocycles. The molecule has 2 heterocycles. The molecule has 2 saturated heterocycles. The summed E-state index contributed by atoms with van der Waals surface area (Å²) in [6.45, 7) is 5.04. The van der Waals surface area contributed by atoms with Gasteiger partial charge in [0, 0.05) is 0 Å². The van der Waals surface area contributed by atoms with Crippen LogP contribution in [0.5, 0.6) is 0 Å². The van der Waals surface area contributed by atoms with E-state index >= 15 is 0 Å². The monoisotopic (exact) mass is 254 g/mol. The Bertz CT molecular complexity index is 341. The molecule has 3 amide bonds. The zero-order valence-corrected chi connectivity index (χ0v) is 11.2. The topological polar surface area (TPSA) is 61.9 Å². The van der Waals surface area contributed by atoms with Crippen molar-refractivity contribution < 1.29 is 14.3 Å². The van der Waals surface area contributed by atoms with Crippen molar-refractivity contribution in [2.75, 3.05) is 13.2 Å². The maximum Gasteiger partial charge on any atom is 0.325 e. The minimum atomic E-state index is -0.709. The van der Waals surface area contributed by atoms with E-state index in [1.165, 1.54) is 17.7 Å². The van der Waals surface area contributed by atoms with Crippen LogP contribution in [0.1, 0.15) is 46.0 Å². The van der Waals surface area contributed by atoms with Crippen molar-refractivity contribution in [3.05, 3.63) is 0 Å². The number of carbonyl (C=O) groups excluding carboxylic acids is 2. The van der Waals surface area contributed by atoms with E-state index in [1.807, 2.05) is 6.92 Å². The fraction of sp³-hybridized carbons (Fsp3) is 0.846. The second-order valence-corrected chi connectivity index (χ2v) is 5.44. The minimum absolute atomic E-state index is 0.0575. The normalized spacial score (nSPS) is 30.8. The van der Waals surface area contributed by atoms with Gasteiger partial charge in [0.15, 0.2) is 0 Å². The van der Waals surface area contributed by atoms with Crippen molar-refractivity contribution in [1.29, 1.82) is 0 Å². The molecular weight excluding hydrogens is 232 g/mol. The summed E-state index contributed by atoms with van der Waals surface area (Å²) < 4.78 is 5.07. The van der Waals surface area contributed by atoms with Crippen molar-refractivity contribution in [1.82, 2.24) is 10.2 Å². The molecule has 0 aromatic rings. The van der Waals surface area contributed by atoms with E-state index in [0.29, 0.717) is 13.2 Å². The first kappa shape index (κ1) is 13.3. The van der Waals surface area contributed by atoms with Crippen molar-refractivity contribution >= 4 is 11.9 Å². The molecule has 5 heteroatoms. The summed E-state index contributed by atoms with van der Waals surface area (Å²) >= 11 is 0. The predicted octanol–water partition coefficient (Wildman–Crippen LogP) is 1.67. The molecule has 2 atom stereocenters. The molecule has 0 spiro atoms. The zero-order chi connectivity index (χ0) is 13.2. The molecule has 2 aliphatic rings. The highest BCUT2D eigenvalue weighted by molar-refractivity contribution is 6.06. The molecule has 5 nitrogen and oxygen atoms in total. The number of nitrogens with one attached hydrogen (secondary N) is 1. The Morgan fingerprint density at radius 2 is 2.11 bits per heavy atom. The number of hydrogen-bond acceptors (Lipinski definition) is 3. The molecule has 102 valence electrons. The molecule has 0 aromatic carbocycles. The number of unbranched alkanes of at least 4 members (excludes halogenated alkanes) is 3. The number of carbonyl (C=O) groups is 2. The van der Waals surface area contributed by atoms with Gasteiger partial charge in [0.25, 0.3) is 5.91 Å². The van der Waals surface area contributed by atoms with Gasteiger partial charge in [-0.05, 0) is 13.3 Å². The third kappa shape index (κ3) is 2.83. The number of epoxide rings is 1. The molecule has 1 N–H and O–H groups in total. The lowest BCUT2D eigenvalue weighted by Gasteiger charge is -2.21. The fourth-order valence-corrected chi connectivity index (χ4v) is 2.36. The van der Waals surface area contributed by atoms with Crippen LogP contribution in [0.3, 0.4) is 0 Å². The maximum absolute atomic E-state index is 12.3. The van der Waals surface area contributed by atoms with E-state index in [1.54, 1.807) is 0 Å². The number of amides is 3. The Hall–Kier alpha value is -1.10. The molecule has 2 aliphatic heterocycles. The van der Waals surface area contributed by atoms with Gasteiger partial charge in [0.1, 0.15) is 5.54 Å². The molecule has 2 fully saturated rings. The van der Waals surface area contributed by atoms with Crippen LogP contribution >= 0.6 is 0 Å². The van der Waals surface area contributed by atoms with Crippen LogP contribution < -0.4 is 5.32 Å². The van der Waals surface area contributed by atoms with Gasteiger partial charge in [-0.25, -0.2) is 4.79 Å². The van der Waals surface area contributed by atoms with E-state index in [4.69, 9.17) is 4.74 Å². The van der Waals surface area contributed by atoms with Crippen molar-refractivity contribution in [2.24, 2.45) is 0 Å². The molecule has 0 bridgehead atoms. The smallest absolute Gasteiger partial charge is 0.325 e. The second kappa shape index (κ2) is 5.26. The lowest BCUT2D eigenvalue weighted by atomic mass is 9.94. The quantitative estimate of drug-likeness (QED) is 0.427. The summed E-state index contributed by atoms with van der Waals surface area (Å²) in [6, 6.07) is -0.270. The first-order valence-corrected chi connectivity index (χ1v) is 6.82. The maximum atomic E-state index is 12.3. The predicted molar refractivity (Wildman–Crippen MR) is 67.1 cm³/mol. The first-order valence-electron chi connectivity index (χ1n) is 6.82. The SMILES string of the molecule is CCCCCCC1(C)NC(=O)N(CC2CO2)C1=O. The van der Waals surface area contributed by atoms with Crippen molar-refractivity contribution in [2.45, 2.75) is 57.6 Å². The number of rotatable bonds is 7. The average Bonchev–Trinajstić information content (AvgIpc) is 3.11. The molecule has 0 aliphatic carbocycles. The van der Waals surface area contributed by atoms with Gasteiger partial charge in [-0.2, -0.15) is 0 Å². The fourth-order valence-electron chi connectivity index (χ4n) is 2.36. The summed E-state index contributed by atoms with van der Waals surface area (Å²) in [6.07, 6.45) is 5.21. The van der Waals surface area contributed by atoms with Crippen LogP contribution in [0.15, 0.2) is 0 Å². The highest BCUT2D eigenvalue weighted by atomic mass is 16.6. The summed E-state index contributed by atoms with van der Waals surface area (Å²) in [4.78, 5) is 25.3. The third-order valence-corrected chi connectivity index (χ3v) is 3.66. The number of hydrogen-bond donors (Lipinski definition) is 1. The van der Waals surface area contributed by atoms with Gasteiger partial charge in [-0.15, -0.1) is 0 Å². The van der Waals surface area contributed by atoms with Crippen molar-refractivity contribution in [3.8, 4) is 0 Å². The largest absolute Gasteiger partial charge is 0.371 e. The summed E-state index contributed by atoms with van der Waals surface area (Å²) in [5, 5.41) is 2.82. The number of urea groups is 1. The highest BCUT2D eigenvalue weighted by Gasteiger charge is 2.48. The number of ether oxygens (including phenoxy) is 1. The van der Waals surface area contributed by atoms with E-state index in [-0.39, 0.29) is 18.0 Å². The van der Waals surface area contributed by atoms with Gasteiger partial charge >= 0.3 is 6.03 Å². The zero-order valence-electron chi connectivity index (χ0n) is 11.2. The van der Waals surface area contributed by atoms with Crippen molar-refractivity contribution in [3.63, 3.8) is 0 Å². The van der Waals surface area contributed by atoms with Gasteiger partial charge in [-0.1, -0.05) is 32.6 Å². The van der Waals surface area contributed by atoms with Crippen LogP contribution in [-0.4, -0.2) is 41.6 Å². The lowest BCUT2D eigenvalue weighted by Crippen LogP contribution is -2.44. The molecule has 0 aromatic heterocycles. The Labute approximate surface area is 108 Å². The summed E-state index contributed by atoms with van der Waals surface area (Å²) in [5.74, 6) is -0.0977. The van der Waals surface area contributed by atoms with Gasteiger partial charge in [-0.3, -0.25) is 9.69 Å². The van der Waals surface area contributed by atoms with Gasteiger partial charge in [0.2, 0.25) is 0 Å². The summed E-state index contributed by atoms with van der Waals surface area (Å²) in [7, 11) is 0. The molecule has 0 radical (unpaired) electrons. The van der Waals surface area contributed by atoms with E-state index < -0.39 is 5.54 Å². The molecular formula is C13H22N2O3. The van der Waals surface area contributed by atoms with Crippen LogP contribution in [0, 0.1) is 0 Å². The average molecular weight is 254 g/mol. The molecule has 2 rings (SSSR count). The summed E-state index contributed by atoms with van der Waals surface area (Å²) in [5.41, 5.74) is -0.709. The minimum Gasteiger partial charge on any atom is -0.371 e. The van der Waals surface area contributed by atoms with Crippen LogP contribution in [-0.2, 0) is 9.53 Å². The Morgan fingerprint density at radius 1 is 1.39 bits per heavy atom. The van der Waals surface area contributed by atoms with Crippen LogP contribution in [0.2, 0.25) is 0 Å². The molecule has 2 unspecified atom stereocenters. The van der Waals surface area contributed by atoms with E-state index in [9.17, 15) is 9.59 Å². The first-order chi connectivity index (χ1) is 8.57. The van der Waals surface area contributed by atoms with E-state index in [2.05, 4.69) is 12.2 Å². The third-order valence-electron chi connectivity index (χ3n) is 3.66. The Balaban J connectivity index is 1.87. The lowest BCUT2D eigenvalue weighted by molar-refractivity contribution is -0.131. The van der Waals surface area contributed by atoms with E-state index in [0.717, 1.165) is 19.3 Å². The van der Waals surface area contributed by atoms with Crippen LogP contribution in [0.4, 0.5) is 4.79 Å². The number of imide groups is 1. The molecule has 18 heavy (non-hydrogen) atoms. The standard InChI is InChI=1S/C13H22N2O3/c1-3-4-5-6-7-13(2)11(16)15(12(17)14-13)8-10-9-18-10/h10H,3-9H2,1-2H3,(H,14,17). The Morgan fingerprint density at radius 3 is 2.72 bits per heavy atom. The van der Waals surface area contributed by atoms with Gasteiger partial charge < -0.3 is 10.1 Å². The number of nitrogens with zero attached hydrogens (tertiary/aromatic N) is 1. The van der Waals surface area contributed by atoms with Gasteiger partial charge in [0.05, 0.1) is 19.3 Å². The second-order valence-electron chi connectivity index (χ2n) is 5.44. The highest BCUT2D eigenvalue weighted by Crippen LogP contribution is 2.25. The Kier molecular flexibility index (Phi) is 3.90.